The molecule has 0 atom stereocenters. The largest absolute Gasteiger partial charge is 0.322 e. The molecule has 17 heavy (non-hydrogen) atoms. The fourth-order valence-electron chi connectivity index (χ4n) is 1.46. The predicted octanol–water partition coefficient (Wildman–Crippen LogP) is 2.00. The molecule has 0 unspecified atom stereocenters. The highest BCUT2D eigenvalue weighted by atomic mass is 15.1. The summed E-state index contributed by atoms with van der Waals surface area (Å²) < 4.78 is 0. The number of hydrogen-bond acceptors (Lipinski definition) is 2. The van der Waals surface area contributed by atoms with E-state index < -0.39 is 0 Å². The van der Waals surface area contributed by atoms with Gasteiger partial charge >= 0.3 is 0 Å². The van der Waals surface area contributed by atoms with Crippen molar-refractivity contribution in [2.75, 3.05) is 0 Å². The number of nitrogens with two attached hydrogens (primary N) is 1. The zero-order chi connectivity index (χ0) is 12.3. The van der Waals surface area contributed by atoms with Gasteiger partial charge in [-0.3, -0.25) is 5.10 Å². The molecule has 0 aliphatic carbocycles. The zero-order valence-corrected chi connectivity index (χ0v) is 9.99. The summed E-state index contributed by atoms with van der Waals surface area (Å²) in [6.45, 7) is 3.96. The van der Waals surface area contributed by atoms with Crippen LogP contribution in [0.5, 0.6) is 0 Å². The van der Waals surface area contributed by atoms with Crippen molar-refractivity contribution in [3.05, 3.63) is 53.3 Å². The summed E-state index contributed by atoms with van der Waals surface area (Å²) in [6.07, 6.45) is 3.47. The second-order valence-corrected chi connectivity index (χ2v) is 4.54. The molecule has 1 aromatic carbocycles. The fourth-order valence-corrected chi connectivity index (χ4v) is 1.46. The molecule has 0 aliphatic rings. The van der Waals surface area contributed by atoms with Gasteiger partial charge in [0.1, 0.15) is 0 Å². The lowest BCUT2D eigenvalue weighted by Crippen LogP contribution is -2.28. The molecule has 86 valence electrons. The van der Waals surface area contributed by atoms with Crippen LogP contribution >= 0.6 is 0 Å². The smallest absolute Gasteiger partial charge is 0.0644 e. The molecule has 3 N–H and O–H groups in total. The van der Waals surface area contributed by atoms with E-state index in [1.165, 1.54) is 0 Å². The van der Waals surface area contributed by atoms with Crippen LogP contribution in [0, 0.1) is 11.8 Å². The summed E-state index contributed by atoms with van der Waals surface area (Å²) >= 11 is 0. The lowest BCUT2D eigenvalue weighted by molar-refractivity contribution is 0.554. The maximum atomic E-state index is 6.05. The summed E-state index contributed by atoms with van der Waals surface area (Å²) in [4.78, 5) is 0. The van der Waals surface area contributed by atoms with Crippen LogP contribution in [0.25, 0.3) is 0 Å². The van der Waals surface area contributed by atoms with Gasteiger partial charge in [-0.15, -0.1) is 0 Å². The first-order valence-corrected chi connectivity index (χ1v) is 5.46. The minimum Gasteiger partial charge on any atom is -0.322 e. The number of aromatic amines is 1. The van der Waals surface area contributed by atoms with E-state index in [1.807, 2.05) is 38.1 Å². The molecule has 3 heteroatoms. The van der Waals surface area contributed by atoms with Crippen molar-refractivity contribution in [2.24, 2.45) is 5.73 Å². The number of aromatic nitrogens is 2. The fraction of sp³-hybridized carbons (Fsp3) is 0.214. The van der Waals surface area contributed by atoms with Gasteiger partial charge < -0.3 is 5.73 Å². The summed E-state index contributed by atoms with van der Waals surface area (Å²) in [6, 6.07) is 7.99. The highest BCUT2D eigenvalue weighted by Crippen LogP contribution is 2.17. The maximum Gasteiger partial charge on any atom is 0.0644 e. The Morgan fingerprint density at radius 1 is 1.24 bits per heavy atom. The third-order valence-corrected chi connectivity index (χ3v) is 2.46. The molecule has 0 bridgehead atoms. The van der Waals surface area contributed by atoms with Crippen molar-refractivity contribution in [1.29, 1.82) is 0 Å². The number of hydrogen-bond donors (Lipinski definition) is 2. The summed E-state index contributed by atoms with van der Waals surface area (Å²) in [5, 5.41) is 6.57. The Hall–Kier alpha value is -2.05. The highest BCUT2D eigenvalue weighted by Gasteiger charge is 2.13. The molecule has 2 aromatic rings. The van der Waals surface area contributed by atoms with Gasteiger partial charge in [-0.2, -0.15) is 5.10 Å². The van der Waals surface area contributed by atoms with E-state index in [-0.39, 0.29) is 5.54 Å². The molecular weight excluding hydrogens is 210 g/mol. The van der Waals surface area contributed by atoms with E-state index in [9.17, 15) is 0 Å². The van der Waals surface area contributed by atoms with Crippen LogP contribution < -0.4 is 5.73 Å². The lowest BCUT2D eigenvalue weighted by Gasteiger charge is -2.19. The number of nitrogens with zero attached hydrogens (tertiary/aromatic N) is 1. The first-order chi connectivity index (χ1) is 8.05. The Bertz CT molecular complexity index is 551. The molecule has 1 aromatic heterocycles. The Morgan fingerprint density at radius 3 is 2.65 bits per heavy atom. The highest BCUT2D eigenvalue weighted by molar-refractivity contribution is 5.43. The molecule has 1 heterocycles. The van der Waals surface area contributed by atoms with E-state index in [2.05, 4.69) is 22.0 Å². The average Bonchev–Trinajstić information content (AvgIpc) is 2.78. The molecule has 0 aliphatic heterocycles. The van der Waals surface area contributed by atoms with Gasteiger partial charge in [0.05, 0.1) is 11.8 Å². The van der Waals surface area contributed by atoms with Crippen LogP contribution in [0.4, 0.5) is 0 Å². The number of nitrogens with one attached hydrogen (secondary N) is 1. The van der Waals surface area contributed by atoms with Gasteiger partial charge in [0, 0.05) is 17.3 Å². The Balaban J connectivity index is 2.29. The Morgan fingerprint density at radius 2 is 2.00 bits per heavy atom. The molecule has 2 rings (SSSR count). The van der Waals surface area contributed by atoms with E-state index in [0.29, 0.717) is 0 Å². The molecule has 0 saturated heterocycles. The Kier molecular flexibility index (Phi) is 2.99. The first-order valence-electron chi connectivity index (χ1n) is 5.46. The molecule has 3 nitrogen and oxygen atoms in total. The van der Waals surface area contributed by atoms with Crippen LogP contribution in [-0.2, 0) is 5.54 Å². The van der Waals surface area contributed by atoms with Crippen LogP contribution in [0.1, 0.15) is 30.5 Å². The second kappa shape index (κ2) is 4.44. The van der Waals surface area contributed by atoms with Gasteiger partial charge in [-0.25, -0.2) is 0 Å². The van der Waals surface area contributed by atoms with Gasteiger partial charge in [-0.1, -0.05) is 24.0 Å². The van der Waals surface area contributed by atoms with Crippen LogP contribution in [-0.4, -0.2) is 10.2 Å². The second-order valence-electron chi connectivity index (χ2n) is 4.54. The minimum absolute atomic E-state index is 0.340. The molecule has 0 fully saturated rings. The number of benzene rings is 1. The van der Waals surface area contributed by atoms with Crippen LogP contribution in [0.15, 0.2) is 36.7 Å². The lowest BCUT2D eigenvalue weighted by atomic mass is 9.94. The molecule has 0 saturated carbocycles. The van der Waals surface area contributed by atoms with E-state index in [1.54, 1.807) is 12.4 Å². The molecule has 0 radical (unpaired) electrons. The summed E-state index contributed by atoms with van der Waals surface area (Å²) in [5.41, 5.74) is 8.63. The van der Waals surface area contributed by atoms with Crippen molar-refractivity contribution in [2.45, 2.75) is 19.4 Å². The van der Waals surface area contributed by atoms with Gasteiger partial charge in [0.15, 0.2) is 0 Å². The molecular formula is C14H15N3. The minimum atomic E-state index is -0.340. The van der Waals surface area contributed by atoms with Crippen molar-refractivity contribution >= 4 is 0 Å². The van der Waals surface area contributed by atoms with Gasteiger partial charge in [-0.05, 0) is 31.5 Å². The topological polar surface area (TPSA) is 54.7 Å². The van der Waals surface area contributed by atoms with Gasteiger partial charge in [0.2, 0.25) is 0 Å². The third-order valence-electron chi connectivity index (χ3n) is 2.46. The van der Waals surface area contributed by atoms with Crippen molar-refractivity contribution in [3.8, 4) is 11.8 Å². The van der Waals surface area contributed by atoms with Crippen LogP contribution in [0.2, 0.25) is 0 Å². The SMILES string of the molecule is CC(C)(N)c1cccc(C#Cc2cn[nH]c2)c1. The molecule has 0 spiro atoms. The first kappa shape index (κ1) is 11.4. The third kappa shape index (κ3) is 2.96. The van der Waals surface area contributed by atoms with Crippen molar-refractivity contribution < 1.29 is 0 Å². The summed E-state index contributed by atoms with van der Waals surface area (Å²) in [5.74, 6) is 6.13. The predicted molar refractivity (Wildman–Crippen MR) is 68.2 cm³/mol. The monoisotopic (exact) mass is 225 g/mol. The van der Waals surface area contributed by atoms with Crippen LogP contribution in [0.3, 0.4) is 0 Å². The average molecular weight is 225 g/mol. The van der Waals surface area contributed by atoms with Crippen molar-refractivity contribution in [1.82, 2.24) is 10.2 Å². The number of H-pyrrole nitrogens is 1. The van der Waals surface area contributed by atoms with E-state index in [4.69, 9.17) is 5.73 Å². The zero-order valence-electron chi connectivity index (χ0n) is 9.99. The normalized spacial score (nSPS) is 10.8. The van der Waals surface area contributed by atoms with Gasteiger partial charge in [0.25, 0.3) is 0 Å². The Labute approximate surface area is 101 Å². The number of rotatable bonds is 1. The maximum absolute atomic E-state index is 6.05. The quantitative estimate of drug-likeness (QED) is 0.729. The van der Waals surface area contributed by atoms with E-state index in [0.717, 1.165) is 16.7 Å². The summed E-state index contributed by atoms with van der Waals surface area (Å²) in [7, 11) is 0. The standard InChI is InChI=1S/C14H15N3/c1-14(2,15)13-5-3-4-11(8-13)6-7-12-9-16-17-10-12/h3-5,8-10H,15H2,1-2H3,(H,16,17). The van der Waals surface area contributed by atoms with Crippen molar-refractivity contribution in [3.63, 3.8) is 0 Å². The molecule has 0 amide bonds. The van der Waals surface area contributed by atoms with E-state index >= 15 is 0 Å².